The monoisotopic (exact) mass is 269 g/mol. The predicted octanol–water partition coefficient (Wildman–Crippen LogP) is 1.68. The van der Waals surface area contributed by atoms with Crippen molar-refractivity contribution in [2.45, 2.75) is 6.42 Å². The lowest BCUT2D eigenvalue weighted by Crippen LogP contribution is -2.44. The van der Waals surface area contributed by atoms with Gasteiger partial charge in [0.1, 0.15) is 5.92 Å². The maximum absolute atomic E-state index is 11.6. The summed E-state index contributed by atoms with van der Waals surface area (Å²) in [6.45, 7) is 1.08. The van der Waals surface area contributed by atoms with Gasteiger partial charge in [0, 0.05) is 25.2 Å². The number of ketones is 1. The zero-order chi connectivity index (χ0) is 12.3. The van der Waals surface area contributed by atoms with Crippen molar-refractivity contribution >= 4 is 29.8 Å². The summed E-state index contributed by atoms with van der Waals surface area (Å²) in [7, 11) is 1.32. The summed E-state index contributed by atoms with van der Waals surface area (Å²) >= 11 is 0. The number of piperidine rings is 1. The largest absolute Gasteiger partial charge is 0.468 e. The third-order valence-corrected chi connectivity index (χ3v) is 3.03. The van der Waals surface area contributed by atoms with E-state index in [9.17, 15) is 9.59 Å². The number of methoxy groups -OCH3 is 1. The first-order chi connectivity index (χ1) is 8.22. The van der Waals surface area contributed by atoms with Crippen LogP contribution in [0.15, 0.2) is 30.3 Å². The molecule has 0 bridgehead atoms. The van der Waals surface area contributed by atoms with Gasteiger partial charge < -0.3 is 9.64 Å². The number of rotatable bonds is 2. The van der Waals surface area contributed by atoms with Gasteiger partial charge in [-0.05, 0) is 12.1 Å². The highest BCUT2D eigenvalue weighted by molar-refractivity contribution is 6.00. The van der Waals surface area contributed by atoms with Crippen LogP contribution in [0.3, 0.4) is 0 Å². The van der Waals surface area contributed by atoms with E-state index >= 15 is 0 Å². The number of ether oxygens (including phenoxy) is 1. The Labute approximate surface area is 112 Å². The van der Waals surface area contributed by atoms with Crippen LogP contribution in [0, 0.1) is 5.92 Å². The zero-order valence-electron chi connectivity index (χ0n) is 10.2. The Morgan fingerprint density at radius 3 is 2.61 bits per heavy atom. The van der Waals surface area contributed by atoms with E-state index in [0.29, 0.717) is 19.5 Å². The molecule has 1 heterocycles. The highest BCUT2D eigenvalue weighted by atomic mass is 35.5. The van der Waals surface area contributed by atoms with Crippen molar-refractivity contribution in [2.24, 2.45) is 5.92 Å². The van der Waals surface area contributed by atoms with Crippen LogP contribution >= 0.6 is 12.4 Å². The molecular weight excluding hydrogens is 254 g/mol. The Morgan fingerprint density at radius 1 is 1.33 bits per heavy atom. The van der Waals surface area contributed by atoms with Crippen LogP contribution in [0.5, 0.6) is 0 Å². The Morgan fingerprint density at radius 2 is 2.00 bits per heavy atom. The van der Waals surface area contributed by atoms with Crippen molar-refractivity contribution in [3.8, 4) is 0 Å². The van der Waals surface area contributed by atoms with Gasteiger partial charge >= 0.3 is 5.97 Å². The first-order valence-corrected chi connectivity index (χ1v) is 5.63. The third-order valence-electron chi connectivity index (χ3n) is 3.03. The summed E-state index contributed by atoms with van der Waals surface area (Å²) in [6.07, 6.45) is 0.397. The molecule has 0 amide bonds. The summed E-state index contributed by atoms with van der Waals surface area (Å²) in [4.78, 5) is 25.2. The topological polar surface area (TPSA) is 46.6 Å². The molecule has 1 aromatic carbocycles. The van der Waals surface area contributed by atoms with E-state index in [0.717, 1.165) is 5.69 Å². The van der Waals surface area contributed by atoms with Gasteiger partial charge in [0.2, 0.25) is 0 Å². The molecular formula is C13H16ClNO3. The molecule has 1 aromatic rings. The number of hydrogen-bond donors (Lipinski definition) is 0. The first kappa shape index (κ1) is 14.5. The maximum atomic E-state index is 11.6. The molecule has 4 nitrogen and oxygen atoms in total. The lowest BCUT2D eigenvalue weighted by atomic mass is 9.96. The molecule has 98 valence electrons. The number of carbonyl (C=O) groups is 2. The van der Waals surface area contributed by atoms with Crippen LogP contribution < -0.4 is 4.90 Å². The number of para-hydroxylation sites is 1. The lowest BCUT2D eigenvalue weighted by molar-refractivity contribution is -0.149. The summed E-state index contributed by atoms with van der Waals surface area (Å²) < 4.78 is 4.66. The number of nitrogens with zero attached hydrogens (tertiary/aromatic N) is 1. The average Bonchev–Trinajstić information content (AvgIpc) is 2.39. The van der Waals surface area contributed by atoms with Crippen LogP contribution in [0.2, 0.25) is 0 Å². The fourth-order valence-corrected chi connectivity index (χ4v) is 2.05. The number of benzene rings is 1. The molecule has 18 heavy (non-hydrogen) atoms. The molecule has 1 unspecified atom stereocenters. The van der Waals surface area contributed by atoms with Gasteiger partial charge in [0.05, 0.1) is 7.11 Å². The molecule has 1 fully saturated rings. The van der Waals surface area contributed by atoms with Crippen LogP contribution in [-0.4, -0.2) is 32.0 Å². The molecule has 0 aromatic heterocycles. The second kappa shape index (κ2) is 6.40. The van der Waals surface area contributed by atoms with E-state index in [1.807, 2.05) is 35.2 Å². The van der Waals surface area contributed by atoms with Crippen LogP contribution in [0.1, 0.15) is 6.42 Å². The standard InChI is InChI=1S/C13H15NO3.ClH/c1-17-13(16)11-9-14(8-7-12(11)15)10-5-3-2-4-6-10;/h2-6,11H,7-9H2,1H3;1H. The lowest BCUT2D eigenvalue weighted by Gasteiger charge is -2.32. The van der Waals surface area contributed by atoms with Crippen LogP contribution in [0.25, 0.3) is 0 Å². The summed E-state index contributed by atoms with van der Waals surface area (Å²) in [5, 5.41) is 0. The molecule has 2 rings (SSSR count). The minimum atomic E-state index is -0.644. The van der Waals surface area contributed by atoms with Gasteiger partial charge in [-0.3, -0.25) is 9.59 Å². The molecule has 0 radical (unpaired) electrons. The number of carbonyl (C=O) groups excluding carboxylic acids is 2. The fourth-order valence-electron chi connectivity index (χ4n) is 2.05. The van der Waals surface area contributed by atoms with Gasteiger partial charge in [-0.2, -0.15) is 0 Å². The Bertz CT molecular complexity index is 414. The number of esters is 1. The molecule has 0 aliphatic carbocycles. The van der Waals surface area contributed by atoms with Gasteiger partial charge in [-0.15, -0.1) is 12.4 Å². The third kappa shape index (κ3) is 3.01. The fraction of sp³-hybridized carbons (Fsp3) is 0.385. The van der Waals surface area contributed by atoms with Gasteiger partial charge in [0.25, 0.3) is 0 Å². The summed E-state index contributed by atoms with van der Waals surface area (Å²) in [5.41, 5.74) is 1.04. The SMILES string of the molecule is COC(=O)C1CN(c2ccccc2)CCC1=O.Cl. The summed E-state index contributed by atoms with van der Waals surface area (Å²) in [5.74, 6) is -1.10. The van der Waals surface area contributed by atoms with Crippen molar-refractivity contribution in [1.82, 2.24) is 0 Å². The smallest absolute Gasteiger partial charge is 0.318 e. The van der Waals surface area contributed by atoms with Gasteiger partial charge in [-0.25, -0.2) is 0 Å². The van der Waals surface area contributed by atoms with Crippen molar-refractivity contribution in [2.75, 3.05) is 25.1 Å². The Balaban J connectivity index is 0.00000162. The zero-order valence-corrected chi connectivity index (χ0v) is 11.0. The summed E-state index contributed by atoms with van der Waals surface area (Å²) in [6, 6.07) is 9.78. The molecule has 0 N–H and O–H groups in total. The second-order valence-corrected chi connectivity index (χ2v) is 4.07. The van der Waals surface area contributed by atoms with Crippen LogP contribution in [-0.2, 0) is 14.3 Å². The van der Waals surface area contributed by atoms with E-state index in [1.54, 1.807) is 0 Å². The molecule has 1 aliphatic heterocycles. The first-order valence-electron chi connectivity index (χ1n) is 5.63. The van der Waals surface area contributed by atoms with E-state index in [-0.39, 0.29) is 18.2 Å². The Hall–Kier alpha value is -1.55. The average molecular weight is 270 g/mol. The molecule has 1 aliphatic rings. The number of anilines is 1. The molecule has 1 saturated heterocycles. The normalized spacial score (nSPS) is 19.1. The number of Topliss-reactive ketones (excluding diaryl/α,β-unsaturated/α-hetero) is 1. The maximum Gasteiger partial charge on any atom is 0.318 e. The van der Waals surface area contributed by atoms with E-state index < -0.39 is 11.9 Å². The van der Waals surface area contributed by atoms with Crippen molar-refractivity contribution in [3.05, 3.63) is 30.3 Å². The predicted molar refractivity (Wildman–Crippen MR) is 71.0 cm³/mol. The van der Waals surface area contributed by atoms with E-state index in [2.05, 4.69) is 4.74 Å². The molecule has 1 atom stereocenters. The minimum absolute atomic E-state index is 0. The number of hydrogen-bond acceptors (Lipinski definition) is 4. The number of halogens is 1. The van der Waals surface area contributed by atoms with Gasteiger partial charge in [0.15, 0.2) is 5.78 Å². The van der Waals surface area contributed by atoms with Crippen molar-refractivity contribution < 1.29 is 14.3 Å². The van der Waals surface area contributed by atoms with Crippen molar-refractivity contribution in [3.63, 3.8) is 0 Å². The van der Waals surface area contributed by atoms with Gasteiger partial charge in [-0.1, -0.05) is 18.2 Å². The quantitative estimate of drug-likeness (QED) is 0.605. The highest BCUT2D eigenvalue weighted by Crippen LogP contribution is 2.21. The minimum Gasteiger partial charge on any atom is -0.468 e. The highest BCUT2D eigenvalue weighted by Gasteiger charge is 2.33. The van der Waals surface area contributed by atoms with Crippen LogP contribution in [0.4, 0.5) is 5.69 Å². The van der Waals surface area contributed by atoms with E-state index in [4.69, 9.17) is 0 Å². The van der Waals surface area contributed by atoms with Crippen molar-refractivity contribution in [1.29, 1.82) is 0 Å². The van der Waals surface area contributed by atoms with E-state index in [1.165, 1.54) is 7.11 Å². The molecule has 0 spiro atoms. The molecule has 5 heteroatoms. The Kier molecular flexibility index (Phi) is 5.16. The second-order valence-electron chi connectivity index (χ2n) is 4.07. The molecule has 0 saturated carbocycles.